The van der Waals surface area contributed by atoms with Gasteiger partial charge >= 0.3 is 0 Å². The molecule has 0 atom stereocenters. The van der Waals surface area contributed by atoms with E-state index in [1.54, 1.807) is 17.5 Å². The van der Waals surface area contributed by atoms with E-state index in [-0.39, 0.29) is 0 Å². The molecule has 0 amide bonds. The summed E-state index contributed by atoms with van der Waals surface area (Å²) < 4.78 is 29.0. The molecule has 4 nitrogen and oxygen atoms in total. The Hall–Kier alpha value is -1.11. The van der Waals surface area contributed by atoms with Gasteiger partial charge in [0, 0.05) is 25.0 Å². The number of sulfonamides is 1. The van der Waals surface area contributed by atoms with E-state index in [0.717, 1.165) is 0 Å². The summed E-state index contributed by atoms with van der Waals surface area (Å²) in [6.07, 6.45) is 0.706. The van der Waals surface area contributed by atoms with Crippen molar-refractivity contribution in [3.05, 3.63) is 40.5 Å². The van der Waals surface area contributed by atoms with Crippen molar-refractivity contribution in [2.24, 2.45) is 7.05 Å². The highest BCUT2D eigenvalue weighted by atomic mass is 32.2. The molecule has 0 aliphatic heterocycles. The summed E-state index contributed by atoms with van der Waals surface area (Å²) in [4.78, 5) is 0. The van der Waals surface area contributed by atoms with Gasteiger partial charge in [0.05, 0.1) is 0 Å². The van der Waals surface area contributed by atoms with Crippen molar-refractivity contribution in [2.45, 2.75) is 24.5 Å². The van der Waals surface area contributed by atoms with Gasteiger partial charge in [-0.15, -0.1) is 11.3 Å². The summed E-state index contributed by atoms with van der Waals surface area (Å²) in [6.45, 7) is 4.52. The minimum Gasteiger partial charge on any atom is -0.352 e. The molecule has 0 aromatic carbocycles. The number of nitrogens with one attached hydrogen (secondary N) is 1. The molecule has 104 valence electrons. The third-order valence-electron chi connectivity index (χ3n) is 3.33. The zero-order chi connectivity index (χ0) is 14.0. The number of aromatic nitrogens is 1. The molecule has 6 heteroatoms. The average molecular weight is 298 g/mol. The molecule has 0 fully saturated rings. The molecule has 19 heavy (non-hydrogen) atoms. The van der Waals surface area contributed by atoms with E-state index in [9.17, 15) is 8.42 Å². The number of hydrogen-bond donors (Lipinski definition) is 1. The topological polar surface area (TPSA) is 51.1 Å². The van der Waals surface area contributed by atoms with Crippen molar-refractivity contribution in [1.82, 2.24) is 9.29 Å². The lowest BCUT2D eigenvalue weighted by Gasteiger charge is -2.05. The van der Waals surface area contributed by atoms with Crippen molar-refractivity contribution in [3.8, 4) is 0 Å². The lowest BCUT2D eigenvalue weighted by molar-refractivity contribution is 0.583. The monoisotopic (exact) mass is 298 g/mol. The predicted molar refractivity (Wildman–Crippen MR) is 78.1 cm³/mol. The lowest BCUT2D eigenvalue weighted by Crippen LogP contribution is -2.25. The second kappa shape index (κ2) is 5.48. The SMILES string of the molecule is Cc1cc(CCNS(=O)(=O)c2cccs2)c(C)n1C. The number of aryl methyl sites for hydroxylation is 1. The number of hydrogen-bond acceptors (Lipinski definition) is 3. The van der Waals surface area contributed by atoms with Crippen LogP contribution in [0.5, 0.6) is 0 Å². The molecular formula is C13H18N2O2S2. The minimum absolute atomic E-state index is 0.369. The molecule has 2 rings (SSSR count). The zero-order valence-electron chi connectivity index (χ0n) is 11.3. The van der Waals surface area contributed by atoms with E-state index >= 15 is 0 Å². The Morgan fingerprint density at radius 1 is 1.37 bits per heavy atom. The summed E-state index contributed by atoms with van der Waals surface area (Å²) in [6, 6.07) is 5.46. The highest BCUT2D eigenvalue weighted by molar-refractivity contribution is 7.91. The molecular weight excluding hydrogens is 280 g/mol. The fourth-order valence-corrected chi connectivity index (χ4v) is 4.06. The van der Waals surface area contributed by atoms with Gasteiger partial charge in [-0.25, -0.2) is 13.1 Å². The minimum atomic E-state index is -3.34. The van der Waals surface area contributed by atoms with Crippen LogP contribution in [0.1, 0.15) is 17.0 Å². The molecule has 0 saturated carbocycles. The van der Waals surface area contributed by atoms with E-state index in [1.165, 1.54) is 28.3 Å². The quantitative estimate of drug-likeness (QED) is 0.920. The Morgan fingerprint density at radius 2 is 2.11 bits per heavy atom. The third kappa shape index (κ3) is 3.08. The van der Waals surface area contributed by atoms with Crippen LogP contribution < -0.4 is 4.72 Å². The zero-order valence-corrected chi connectivity index (χ0v) is 12.9. The second-order valence-corrected chi connectivity index (χ2v) is 7.48. The molecule has 0 aliphatic rings. The smallest absolute Gasteiger partial charge is 0.250 e. The Labute approximate surface area is 118 Å². The summed E-state index contributed by atoms with van der Waals surface area (Å²) >= 11 is 1.23. The van der Waals surface area contributed by atoms with Crippen LogP contribution in [0.2, 0.25) is 0 Å². The first-order valence-electron chi connectivity index (χ1n) is 6.07. The molecule has 2 aromatic rings. The average Bonchev–Trinajstić information content (AvgIpc) is 2.96. The number of nitrogens with zero attached hydrogens (tertiary/aromatic N) is 1. The van der Waals surface area contributed by atoms with Gasteiger partial charge in [-0.3, -0.25) is 0 Å². The van der Waals surface area contributed by atoms with E-state index < -0.39 is 10.0 Å². The summed E-state index contributed by atoms with van der Waals surface area (Å²) in [5.74, 6) is 0. The predicted octanol–water partition coefficient (Wildman–Crippen LogP) is 2.22. The first-order valence-corrected chi connectivity index (χ1v) is 8.43. The van der Waals surface area contributed by atoms with Crippen LogP contribution in [0.25, 0.3) is 0 Å². The van der Waals surface area contributed by atoms with Gasteiger partial charge < -0.3 is 4.57 Å². The summed E-state index contributed by atoms with van der Waals surface area (Å²) in [5.41, 5.74) is 3.57. The van der Waals surface area contributed by atoms with Crippen molar-refractivity contribution in [2.75, 3.05) is 6.54 Å². The molecule has 0 spiro atoms. The first kappa shape index (κ1) is 14.3. The maximum Gasteiger partial charge on any atom is 0.250 e. The van der Waals surface area contributed by atoms with E-state index in [0.29, 0.717) is 17.2 Å². The summed E-state index contributed by atoms with van der Waals surface area (Å²) in [7, 11) is -1.32. The Kier molecular flexibility index (Phi) is 4.13. The van der Waals surface area contributed by atoms with Gasteiger partial charge in [0.15, 0.2) is 0 Å². The number of rotatable bonds is 5. The van der Waals surface area contributed by atoms with Crippen molar-refractivity contribution in [3.63, 3.8) is 0 Å². The largest absolute Gasteiger partial charge is 0.352 e. The fourth-order valence-electron chi connectivity index (χ4n) is 1.99. The van der Waals surface area contributed by atoms with Crippen LogP contribution in [-0.2, 0) is 23.5 Å². The van der Waals surface area contributed by atoms with E-state index in [2.05, 4.69) is 22.3 Å². The third-order valence-corrected chi connectivity index (χ3v) is 6.18. The molecule has 0 aliphatic carbocycles. The highest BCUT2D eigenvalue weighted by Gasteiger charge is 2.14. The van der Waals surface area contributed by atoms with Crippen LogP contribution in [-0.4, -0.2) is 19.5 Å². The van der Waals surface area contributed by atoms with Gasteiger partial charge in [0.25, 0.3) is 0 Å². The van der Waals surface area contributed by atoms with E-state index in [1.807, 2.05) is 14.0 Å². The Bertz CT molecular complexity index is 655. The highest BCUT2D eigenvalue weighted by Crippen LogP contribution is 2.16. The summed E-state index contributed by atoms with van der Waals surface area (Å²) in [5, 5.41) is 1.76. The van der Waals surface area contributed by atoms with E-state index in [4.69, 9.17) is 0 Å². The molecule has 2 aromatic heterocycles. The lowest BCUT2D eigenvalue weighted by atomic mass is 10.2. The van der Waals surface area contributed by atoms with Crippen molar-refractivity contribution < 1.29 is 8.42 Å². The van der Waals surface area contributed by atoms with Crippen LogP contribution in [0.4, 0.5) is 0 Å². The van der Waals surface area contributed by atoms with Crippen molar-refractivity contribution in [1.29, 1.82) is 0 Å². The van der Waals surface area contributed by atoms with Crippen LogP contribution >= 0.6 is 11.3 Å². The van der Waals surface area contributed by atoms with Gasteiger partial charge in [-0.2, -0.15) is 0 Å². The maximum atomic E-state index is 11.9. The Morgan fingerprint density at radius 3 is 2.63 bits per heavy atom. The molecule has 0 saturated heterocycles. The maximum absolute atomic E-state index is 11.9. The molecule has 1 N–H and O–H groups in total. The van der Waals surface area contributed by atoms with Crippen LogP contribution in [0, 0.1) is 13.8 Å². The van der Waals surface area contributed by atoms with Gasteiger partial charge in [0.1, 0.15) is 4.21 Å². The molecule has 0 radical (unpaired) electrons. The molecule has 2 heterocycles. The van der Waals surface area contributed by atoms with Crippen LogP contribution in [0.3, 0.4) is 0 Å². The molecule has 0 unspecified atom stereocenters. The fraction of sp³-hybridized carbons (Fsp3) is 0.385. The normalized spacial score (nSPS) is 11.9. The molecule has 0 bridgehead atoms. The van der Waals surface area contributed by atoms with Gasteiger partial charge in [-0.1, -0.05) is 6.07 Å². The van der Waals surface area contributed by atoms with Crippen molar-refractivity contribution >= 4 is 21.4 Å². The van der Waals surface area contributed by atoms with Gasteiger partial charge in [0.2, 0.25) is 10.0 Å². The Balaban J connectivity index is 1.99. The van der Waals surface area contributed by atoms with Crippen LogP contribution in [0.15, 0.2) is 27.8 Å². The standard InChI is InChI=1S/C13H18N2O2S2/c1-10-9-12(11(2)15(10)3)6-7-14-19(16,17)13-5-4-8-18-13/h4-5,8-9,14H,6-7H2,1-3H3. The van der Waals surface area contributed by atoms with Gasteiger partial charge in [-0.05, 0) is 43.3 Å². The first-order chi connectivity index (χ1) is 8.92. The number of thiophene rings is 1. The second-order valence-electron chi connectivity index (χ2n) is 4.54.